The Kier molecular flexibility index (Phi) is 4.11. The minimum Gasteiger partial charge on any atom is -0.466 e. The topological polar surface area (TPSA) is 52.3 Å². The van der Waals surface area contributed by atoms with Gasteiger partial charge in [0, 0.05) is 11.3 Å². The van der Waals surface area contributed by atoms with Crippen LogP contribution in [0.5, 0.6) is 0 Å². The first kappa shape index (κ1) is 10.8. The molecule has 2 N–H and O–H groups in total. The van der Waals surface area contributed by atoms with E-state index in [2.05, 4.69) is 11.3 Å². The molecular formula is C9H15NO2. The maximum Gasteiger partial charge on any atom is 0.334 e. The highest BCUT2D eigenvalue weighted by Gasteiger charge is 2.12. The standard InChI is InChI=1S/C9H15NO2/c1-6(2)8(5-7(3)10)9(11)12-4/h5-6H,3,10H2,1-2,4H3/b8-5+. The monoisotopic (exact) mass is 169 g/mol. The van der Waals surface area contributed by atoms with Crippen molar-refractivity contribution < 1.29 is 9.53 Å². The summed E-state index contributed by atoms with van der Waals surface area (Å²) in [5.74, 6) is -0.255. The van der Waals surface area contributed by atoms with Crippen LogP contribution in [-0.2, 0) is 9.53 Å². The average molecular weight is 169 g/mol. The normalized spacial score (nSPS) is 11.5. The Hall–Kier alpha value is -1.25. The zero-order valence-electron chi connectivity index (χ0n) is 7.76. The summed E-state index contributed by atoms with van der Waals surface area (Å²) in [5.41, 5.74) is 6.26. The molecular weight excluding hydrogens is 154 g/mol. The van der Waals surface area contributed by atoms with Crippen LogP contribution in [-0.4, -0.2) is 13.1 Å². The SMILES string of the molecule is C=C(N)/C=C(/C(=O)OC)C(C)C. The van der Waals surface area contributed by atoms with Crippen molar-refractivity contribution in [1.82, 2.24) is 0 Å². The van der Waals surface area contributed by atoms with Crippen molar-refractivity contribution in [2.75, 3.05) is 7.11 Å². The lowest BCUT2D eigenvalue weighted by Crippen LogP contribution is -2.11. The number of hydrogen-bond donors (Lipinski definition) is 1. The molecule has 0 unspecified atom stereocenters. The fourth-order valence-electron chi connectivity index (χ4n) is 0.779. The van der Waals surface area contributed by atoms with Crippen LogP contribution in [0.25, 0.3) is 0 Å². The molecule has 0 aliphatic rings. The smallest absolute Gasteiger partial charge is 0.334 e. The second-order valence-electron chi connectivity index (χ2n) is 2.82. The summed E-state index contributed by atoms with van der Waals surface area (Å²) >= 11 is 0. The number of allylic oxidation sites excluding steroid dienone is 1. The maximum absolute atomic E-state index is 11.1. The predicted molar refractivity (Wildman–Crippen MR) is 48.3 cm³/mol. The molecule has 0 rings (SSSR count). The quantitative estimate of drug-likeness (QED) is 0.392. The molecule has 0 aromatic rings. The third-order valence-electron chi connectivity index (χ3n) is 1.38. The Morgan fingerprint density at radius 3 is 2.33 bits per heavy atom. The van der Waals surface area contributed by atoms with Crippen LogP contribution in [0.1, 0.15) is 13.8 Å². The Labute approximate surface area is 72.9 Å². The van der Waals surface area contributed by atoms with Gasteiger partial charge in [0.05, 0.1) is 7.11 Å². The Bertz CT molecular complexity index is 217. The maximum atomic E-state index is 11.1. The summed E-state index contributed by atoms with van der Waals surface area (Å²) < 4.78 is 4.57. The number of carbonyl (C=O) groups is 1. The molecule has 0 saturated carbocycles. The van der Waals surface area contributed by atoms with Crippen molar-refractivity contribution in [2.24, 2.45) is 11.7 Å². The number of methoxy groups -OCH3 is 1. The van der Waals surface area contributed by atoms with E-state index < -0.39 is 0 Å². The fourth-order valence-corrected chi connectivity index (χ4v) is 0.779. The Morgan fingerprint density at radius 1 is 1.58 bits per heavy atom. The van der Waals surface area contributed by atoms with Gasteiger partial charge in [0.25, 0.3) is 0 Å². The predicted octanol–water partition coefficient (Wildman–Crippen LogP) is 1.21. The van der Waals surface area contributed by atoms with Crippen LogP contribution in [0, 0.1) is 5.92 Å². The van der Waals surface area contributed by atoms with Crippen molar-refractivity contribution in [3.63, 3.8) is 0 Å². The van der Waals surface area contributed by atoms with Gasteiger partial charge in [-0.25, -0.2) is 4.79 Å². The second-order valence-corrected chi connectivity index (χ2v) is 2.82. The van der Waals surface area contributed by atoms with E-state index in [1.54, 1.807) is 0 Å². The molecule has 0 radical (unpaired) electrons. The summed E-state index contributed by atoms with van der Waals surface area (Å²) in [6.45, 7) is 7.28. The summed E-state index contributed by atoms with van der Waals surface area (Å²) in [4.78, 5) is 11.1. The molecule has 0 aromatic heterocycles. The Balaban J connectivity index is 4.66. The van der Waals surface area contributed by atoms with Gasteiger partial charge in [0.1, 0.15) is 0 Å². The van der Waals surface area contributed by atoms with E-state index in [-0.39, 0.29) is 11.9 Å². The van der Waals surface area contributed by atoms with E-state index in [1.807, 2.05) is 13.8 Å². The number of nitrogens with two attached hydrogens (primary N) is 1. The second kappa shape index (κ2) is 4.59. The third kappa shape index (κ3) is 3.23. The van der Waals surface area contributed by atoms with Gasteiger partial charge in [0.2, 0.25) is 0 Å². The molecule has 3 nitrogen and oxygen atoms in total. The van der Waals surface area contributed by atoms with Crippen LogP contribution >= 0.6 is 0 Å². The van der Waals surface area contributed by atoms with E-state index >= 15 is 0 Å². The first-order chi connectivity index (χ1) is 5.49. The van der Waals surface area contributed by atoms with Crippen LogP contribution in [0.2, 0.25) is 0 Å². The van der Waals surface area contributed by atoms with Gasteiger partial charge in [0.15, 0.2) is 0 Å². The minimum atomic E-state index is -0.350. The molecule has 68 valence electrons. The zero-order chi connectivity index (χ0) is 9.72. The number of ether oxygens (including phenoxy) is 1. The lowest BCUT2D eigenvalue weighted by molar-refractivity contribution is -0.136. The van der Waals surface area contributed by atoms with Gasteiger partial charge < -0.3 is 10.5 Å². The van der Waals surface area contributed by atoms with Gasteiger partial charge in [-0.3, -0.25) is 0 Å². The van der Waals surface area contributed by atoms with E-state index in [9.17, 15) is 4.79 Å². The van der Waals surface area contributed by atoms with Gasteiger partial charge in [-0.05, 0) is 12.0 Å². The van der Waals surface area contributed by atoms with E-state index in [0.29, 0.717) is 11.3 Å². The lowest BCUT2D eigenvalue weighted by Gasteiger charge is -2.08. The van der Waals surface area contributed by atoms with E-state index in [0.717, 1.165) is 0 Å². The van der Waals surface area contributed by atoms with E-state index in [1.165, 1.54) is 13.2 Å². The van der Waals surface area contributed by atoms with Crippen LogP contribution in [0.3, 0.4) is 0 Å². The molecule has 0 fully saturated rings. The fraction of sp³-hybridized carbons (Fsp3) is 0.444. The van der Waals surface area contributed by atoms with Gasteiger partial charge in [-0.2, -0.15) is 0 Å². The summed E-state index contributed by atoms with van der Waals surface area (Å²) in [6.07, 6.45) is 1.54. The van der Waals surface area contributed by atoms with Gasteiger partial charge >= 0.3 is 5.97 Å². The molecule has 0 aromatic carbocycles. The molecule has 0 bridgehead atoms. The van der Waals surface area contributed by atoms with Crippen LogP contribution < -0.4 is 5.73 Å². The van der Waals surface area contributed by atoms with Crippen LogP contribution in [0.15, 0.2) is 23.9 Å². The van der Waals surface area contributed by atoms with Crippen LogP contribution in [0.4, 0.5) is 0 Å². The molecule has 0 spiro atoms. The molecule has 0 saturated heterocycles. The number of hydrogen-bond acceptors (Lipinski definition) is 3. The van der Waals surface area contributed by atoms with Crippen molar-refractivity contribution >= 4 is 5.97 Å². The highest BCUT2D eigenvalue weighted by Crippen LogP contribution is 2.11. The Morgan fingerprint density at radius 2 is 2.08 bits per heavy atom. The first-order valence-corrected chi connectivity index (χ1v) is 3.73. The summed E-state index contributed by atoms with van der Waals surface area (Å²) in [5, 5.41) is 0. The third-order valence-corrected chi connectivity index (χ3v) is 1.38. The number of rotatable bonds is 3. The largest absolute Gasteiger partial charge is 0.466 e. The number of carbonyl (C=O) groups excluding carboxylic acids is 1. The highest BCUT2D eigenvalue weighted by atomic mass is 16.5. The lowest BCUT2D eigenvalue weighted by atomic mass is 10.0. The molecule has 0 aliphatic heterocycles. The number of esters is 1. The average Bonchev–Trinajstić information content (AvgIpc) is 1.98. The van der Waals surface area contributed by atoms with Crippen molar-refractivity contribution in [3.8, 4) is 0 Å². The van der Waals surface area contributed by atoms with E-state index in [4.69, 9.17) is 5.73 Å². The zero-order valence-corrected chi connectivity index (χ0v) is 7.76. The van der Waals surface area contributed by atoms with Crippen molar-refractivity contribution in [1.29, 1.82) is 0 Å². The summed E-state index contributed by atoms with van der Waals surface area (Å²) in [7, 11) is 1.35. The van der Waals surface area contributed by atoms with Crippen molar-refractivity contribution in [2.45, 2.75) is 13.8 Å². The van der Waals surface area contributed by atoms with Gasteiger partial charge in [-0.15, -0.1) is 0 Å². The highest BCUT2D eigenvalue weighted by molar-refractivity contribution is 5.89. The summed E-state index contributed by atoms with van der Waals surface area (Å²) in [6, 6.07) is 0. The first-order valence-electron chi connectivity index (χ1n) is 3.73. The molecule has 0 atom stereocenters. The molecule has 3 heteroatoms. The molecule has 0 aliphatic carbocycles. The molecule has 0 heterocycles. The van der Waals surface area contributed by atoms with Gasteiger partial charge in [-0.1, -0.05) is 20.4 Å². The minimum absolute atomic E-state index is 0.0951. The van der Waals surface area contributed by atoms with Crippen molar-refractivity contribution in [3.05, 3.63) is 23.9 Å². The molecule has 0 amide bonds. The molecule has 12 heavy (non-hydrogen) atoms.